The van der Waals surface area contributed by atoms with Gasteiger partial charge < -0.3 is 18.9 Å². The fourth-order valence-electron chi connectivity index (χ4n) is 2.85. The molecule has 23 heavy (non-hydrogen) atoms. The van der Waals surface area contributed by atoms with Crippen molar-refractivity contribution in [3.63, 3.8) is 0 Å². The predicted molar refractivity (Wildman–Crippen MR) is 88.9 cm³/mol. The minimum atomic E-state index is -0.238. The molecule has 0 saturated heterocycles. The first-order valence-corrected chi connectivity index (χ1v) is 7.77. The summed E-state index contributed by atoms with van der Waals surface area (Å²) in [5, 5.41) is 0. The largest absolute Gasteiger partial charge is 0.497 e. The molecule has 0 aromatic heterocycles. The van der Waals surface area contributed by atoms with Gasteiger partial charge in [-0.05, 0) is 30.7 Å². The minimum absolute atomic E-state index is 0.238. The molecule has 2 aromatic carbocycles. The molecule has 0 amide bonds. The Morgan fingerprint density at radius 1 is 1.04 bits per heavy atom. The fourth-order valence-corrected chi connectivity index (χ4v) is 2.85. The fraction of sp³-hybridized carbons (Fsp3) is 0.368. The molecule has 0 fully saturated rings. The van der Waals surface area contributed by atoms with Crippen LogP contribution in [0.5, 0.6) is 23.0 Å². The molecule has 3 rings (SSSR count). The lowest BCUT2D eigenvalue weighted by Gasteiger charge is -2.28. The van der Waals surface area contributed by atoms with Gasteiger partial charge in [-0.2, -0.15) is 0 Å². The molecular formula is C19H22O4. The molecule has 1 heterocycles. The van der Waals surface area contributed by atoms with Crippen LogP contribution >= 0.6 is 0 Å². The summed E-state index contributed by atoms with van der Waals surface area (Å²) in [5.41, 5.74) is 2.02. The van der Waals surface area contributed by atoms with Gasteiger partial charge in [-0.1, -0.05) is 26.0 Å². The molecule has 2 aromatic rings. The number of rotatable bonds is 5. The van der Waals surface area contributed by atoms with E-state index in [2.05, 4.69) is 26.0 Å². The van der Waals surface area contributed by atoms with Crippen molar-refractivity contribution in [2.75, 3.05) is 20.5 Å². The van der Waals surface area contributed by atoms with Crippen molar-refractivity contribution in [1.29, 1.82) is 0 Å². The summed E-state index contributed by atoms with van der Waals surface area (Å²) < 4.78 is 22.1. The van der Waals surface area contributed by atoms with Crippen LogP contribution in [0.2, 0.25) is 0 Å². The summed E-state index contributed by atoms with van der Waals surface area (Å²) in [6.07, 6.45) is 0. The van der Waals surface area contributed by atoms with E-state index >= 15 is 0 Å². The van der Waals surface area contributed by atoms with Gasteiger partial charge in [0.25, 0.3) is 0 Å². The Bertz CT molecular complexity index is 689. The van der Waals surface area contributed by atoms with Crippen molar-refractivity contribution in [2.24, 2.45) is 0 Å². The second-order valence-electron chi connectivity index (χ2n) is 5.99. The molecule has 0 atom stereocenters. The maximum atomic E-state index is 5.85. The van der Waals surface area contributed by atoms with Crippen LogP contribution in [-0.2, 0) is 5.41 Å². The first-order chi connectivity index (χ1) is 11.1. The van der Waals surface area contributed by atoms with Crippen molar-refractivity contribution in [3.05, 3.63) is 47.5 Å². The van der Waals surface area contributed by atoms with E-state index in [-0.39, 0.29) is 12.2 Å². The third kappa shape index (κ3) is 2.81. The maximum Gasteiger partial charge on any atom is 0.231 e. The average Bonchev–Trinajstić information content (AvgIpc) is 3.02. The Kier molecular flexibility index (Phi) is 4.07. The topological polar surface area (TPSA) is 36.9 Å². The molecule has 4 nitrogen and oxygen atoms in total. The zero-order chi connectivity index (χ0) is 16.4. The van der Waals surface area contributed by atoms with E-state index in [1.165, 1.54) is 5.56 Å². The zero-order valence-corrected chi connectivity index (χ0v) is 14.0. The molecule has 0 unspecified atom stereocenters. The zero-order valence-electron chi connectivity index (χ0n) is 14.0. The SMILES string of the molecule is CCOc1cc2c(cc1C(C)(C)c1ccc(OC)cc1)OCO2. The summed E-state index contributed by atoms with van der Waals surface area (Å²) in [6.45, 7) is 7.19. The molecule has 1 aliphatic heterocycles. The summed E-state index contributed by atoms with van der Waals surface area (Å²) in [4.78, 5) is 0. The Hall–Kier alpha value is -2.36. The third-order valence-corrected chi connectivity index (χ3v) is 4.26. The average molecular weight is 314 g/mol. The normalized spacial score (nSPS) is 13.0. The molecule has 4 heteroatoms. The second kappa shape index (κ2) is 6.03. The van der Waals surface area contributed by atoms with E-state index in [0.29, 0.717) is 6.61 Å². The van der Waals surface area contributed by atoms with Crippen LogP contribution in [0.3, 0.4) is 0 Å². The van der Waals surface area contributed by atoms with Crippen LogP contribution in [0.1, 0.15) is 31.9 Å². The van der Waals surface area contributed by atoms with Crippen molar-refractivity contribution in [3.8, 4) is 23.0 Å². The first-order valence-electron chi connectivity index (χ1n) is 7.77. The number of ether oxygens (including phenoxy) is 4. The van der Waals surface area contributed by atoms with Gasteiger partial charge in [0.2, 0.25) is 6.79 Å². The van der Waals surface area contributed by atoms with Crippen molar-refractivity contribution in [1.82, 2.24) is 0 Å². The minimum Gasteiger partial charge on any atom is -0.497 e. The smallest absolute Gasteiger partial charge is 0.231 e. The quantitative estimate of drug-likeness (QED) is 0.831. The predicted octanol–water partition coefficient (Wildman–Crippen LogP) is 4.15. The number of hydrogen-bond donors (Lipinski definition) is 0. The van der Waals surface area contributed by atoms with E-state index in [4.69, 9.17) is 18.9 Å². The molecule has 0 bridgehead atoms. The lowest BCUT2D eigenvalue weighted by atomic mass is 9.77. The van der Waals surface area contributed by atoms with E-state index in [9.17, 15) is 0 Å². The highest BCUT2D eigenvalue weighted by atomic mass is 16.7. The van der Waals surface area contributed by atoms with Crippen LogP contribution in [0, 0.1) is 0 Å². The van der Waals surface area contributed by atoms with E-state index in [0.717, 1.165) is 28.6 Å². The van der Waals surface area contributed by atoms with Gasteiger partial charge in [0.1, 0.15) is 11.5 Å². The Labute approximate surface area is 136 Å². The monoisotopic (exact) mass is 314 g/mol. The van der Waals surface area contributed by atoms with Crippen molar-refractivity contribution < 1.29 is 18.9 Å². The van der Waals surface area contributed by atoms with Crippen LogP contribution < -0.4 is 18.9 Å². The highest BCUT2D eigenvalue weighted by Crippen LogP contribution is 2.45. The lowest BCUT2D eigenvalue weighted by Crippen LogP contribution is -2.20. The summed E-state index contributed by atoms with van der Waals surface area (Å²) in [7, 11) is 1.67. The Balaban J connectivity index is 2.06. The third-order valence-electron chi connectivity index (χ3n) is 4.26. The molecule has 0 radical (unpaired) electrons. The standard InChI is InChI=1S/C19H22O4/c1-5-21-16-11-18-17(22-12-23-18)10-15(16)19(2,3)13-6-8-14(20-4)9-7-13/h6-11H,5,12H2,1-4H3. The summed E-state index contributed by atoms with van der Waals surface area (Å²) in [6, 6.07) is 12.1. The number of benzene rings is 2. The van der Waals surface area contributed by atoms with Gasteiger partial charge in [-0.25, -0.2) is 0 Å². The number of fused-ring (bicyclic) bond motifs is 1. The van der Waals surface area contributed by atoms with Crippen molar-refractivity contribution in [2.45, 2.75) is 26.2 Å². The molecule has 1 aliphatic rings. The van der Waals surface area contributed by atoms with Gasteiger partial charge in [0.15, 0.2) is 11.5 Å². The highest BCUT2D eigenvalue weighted by molar-refractivity contribution is 5.56. The highest BCUT2D eigenvalue weighted by Gasteiger charge is 2.30. The van der Waals surface area contributed by atoms with Gasteiger partial charge in [0, 0.05) is 17.0 Å². The van der Waals surface area contributed by atoms with E-state index in [1.54, 1.807) is 7.11 Å². The molecular weight excluding hydrogens is 292 g/mol. The molecule has 0 aliphatic carbocycles. The van der Waals surface area contributed by atoms with E-state index < -0.39 is 0 Å². The first kappa shape index (κ1) is 15.5. The summed E-state index contributed by atoms with van der Waals surface area (Å²) in [5.74, 6) is 3.19. The lowest BCUT2D eigenvalue weighted by molar-refractivity contribution is 0.173. The van der Waals surface area contributed by atoms with Crippen LogP contribution in [0.15, 0.2) is 36.4 Å². The van der Waals surface area contributed by atoms with Gasteiger partial charge >= 0.3 is 0 Å². The van der Waals surface area contributed by atoms with Crippen LogP contribution in [-0.4, -0.2) is 20.5 Å². The van der Waals surface area contributed by atoms with Gasteiger partial charge in [-0.15, -0.1) is 0 Å². The van der Waals surface area contributed by atoms with Crippen molar-refractivity contribution >= 4 is 0 Å². The summed E-state index contributed by atoms with van der Waals surface area (Å²) >= 11 is 0. The number of hydrogen-bond acceptors (Lipinski definition) is 4. The van der Waals surface area contributed by atoms with Crippen LogP contribution in [0.25, 0.3) is 0 Å². The van der Waals surface area contributed by atoms with Gasteiger partial charge in [0.05, 0.1) is 13.7 Å². The van der Waals surface area contributed by atoms with Crippen LogP contribution in [0.4, 0.5) is 0 Å². The molecule has 122 valence electrons. The van der Waals surface area contributed by atoms with E-state index in [1.807, 2.05) is 31.2 Å². The van der Waals surface area contributed by atoms with Gasteiger partial charge in [-0.3, -0.25) is 0 Å². The second-order valence-corrected chi connectivity index (χ2v) is 5.99. The molecule has 0 N–H and O–H groups in total. The Morgan fingerprint density at radius 3 is 2.30 bits per heavy atom. The maximum absolute atomic E-state index is 5.85. The Morgan fingerprint density at radius 2 is 1.70 bits per heavy atom. The molecule has 0 spiro atoms. The number of methoxy groups -OCH3 is 1. The molecule has 0 saturated carbocycles.